The van der Waals surface area contributed by atoms with E-state index >= 15 is 0 Å². The summed E-state index contributed by atoms with van der Waals surface area (Å²) < 4.78 is 11.1. The number of fused-ring (bicyclic) bond motifs is 3. The van der Waals surface area contributed by atoms with Crippen LogP contribution in [-0.2, 0) is 9.47 Å². The lowest BCUT2D eigenvalue weighted by Gasteiger charge is -2.33. The summed E-state index contributed by atoms with van der Waals surface area (Å²) in [4.78, 5) is 26.3. The van der Waals surface area contributed by atoms with Gasteiger partial charge in [0.2, 0.25) is 0 Å². The van der Waals surface area contributed by atoms with Gasteiger partial charge in [0.1, 0.15) is 12.2 Å². The number of benzene rings is 2. The molecule has 1 N–H and O–H groups in total. The summed E-state index contributed by atoms with van der Waals surface area (Å²) in [6, 6.07) is 16.7. The third kappa shape index (κ3) is 6.56. The third-order valence-corrected chi connectivity index (χ3v) is 6.92. The van der Waals surface area contributed by atoms with Gasteiger partial charge < -0.3 is 19.7 Å². The molecule has 0 atom stereocenters. The zero-order valence-corrected chi connectivity index (χ0v) is 21.2. The minimum absolute atomic E-state index is 0.0831. The second-order valence-electron chi connectivity index (χ2n) is 10.7. The highest BCUT2D eigenvalue weighted by Crippen LogP contribution is 2.44. The zero-order chi connectivity index (χ0) is 24.8. The van der Waals surface area contributed by atoms with Gasteiger partial charge in [-0.25, -0.2) is 9.59 Å². The van der Waals surface area contributed by atoms with E-state index < -0.39 is 5.60 Å². The first-order valence-corrected chi connectivity index (χ1v) is 12.9. The molecule has 4 rings (SSSR count). The van der Waals surface area contributed by atoms with Crippen molar-refractivity contribution in [1.29, 1.82) is 0 Å². The summed E-state index contributed by atoms with van der Waals surface area (Å²) in [5.41, 5.74) is 4.45. The summed E-state index contributed by atoms with van der Waals surface area (Å²) in [5, 5.41) is 2.91. The molecule has 0 saturated carbocycles. The Morgan fingerprint density at radius 3 is 2.14 bits per heavy atom. The minimum Gasteiger partial charge on any atom is -0.449 e. The van der Waals surface area contributed by atoms with Crippen molar-refractivity contribution in [3.8, 4) is 11.1 Å². The molecule has 2 aromatic rings. The smallest absolute Gasteiger partial charge is 0.410 e. The van der Waals surface area contributed by atoms with E-state index in [-0.39, 0.29) is 18.1 Å². The van der Waals surface area contributed by atoms with Gasteiger partial charge in [0, 0.05) is 25.6 Å². The molecule has 1 aliphatic heterocycles. The van der Waals surface area contributed by atoms with Gasteiger partial charge in [-0.05, 0) is 68.2 Å². The Kier molecular flexibility index (Phi) is 7.99. The van der Waals surface area contributed by atoms with E-state index in [1.54, 1.807) is 0 Å². The van der Waals surface area contributed by atoms with Crippen LogP contribution in [0.1, 0.15) is 69.9 Å². The second-order valence-corrected chi connectivity index (χ2v) is 10.7. The van der Waals surface area contributed by atoms with Gasteiger partial charge in [-0.15, -0.1) is 0 Å². The molecule has 0 unspecified atom stereocenters. The number of carbonyl (C=O) groups is 2. The largest absolute Gasteiger partial charge is 0.449 e. The van der Waals surface area contributed by atoms with Crippen LogP contribution in [0.2, 0.25) is 0 Å². The summed E-state index contributed by atoms with van der Waals surface area (Å²) in [7, 11) is 0. The quantitative estimate of drug-likeness (QED) is 0.471. The van der Waals surface area contributed by atoms with E-state index in [0.29, 0.717) is 19.1 Å². The standard InChI is InChI=1S/C29H38N2O4/c1-29(2,3)35-28(33)31-18-15-21(16-19-31)10-8-9-17-30-27(32)34-20-26-24-13-6-4-11-22(24)23-12-5-7-14-25(23)26/h4-7,11-14,21,26H,8-10,15-20H2,1-3H3,(H,30,32). The predicted octanol–water partition coefficient (Wildman–Crippen LogP) is 6.34. The SMILES string of the molecule is CC(C)(C)OC(=O)N1CCC(CCCCNC(=O)OCC2c3ccccc3-c3ccccc32)CC1. The Morgan fingerprint density at radius 1 is 0.943 bits per heavy atom. The number of likely N-dealkylation sites (tertiary alicyclic amines) is 1. The van der Waals surface area contributed by atoms with E-state index in [9.17, 15) is 9.59 Å². The van der Waals surface area contributed by atoms with Gasteiger partial charge in [0.25, 0.3) is 0 Å². The van der Waals surface area contributed by atoms with Crippen molar-refractivity contribution in [2.75, 3.05) is 26.2 Å². The fourth-order valence-electron chi connectivity index (χ4n) is 5.13. The van der Waals surface area contributed by atoms with Crippen LogP contribution in [0.25, 0.3) is 11.1 Å². The molecule has 2 aliphatic rings. The highest BCUT2D eigenvalue weighted by molar-refractivity contribution is 5.79. The molecule has 35 heavy (non-hydrogen) atoms. The highest BCUT2D eigenvalue weighted by atomic mass is 16.6. The lowest BCUT2D eigenvalue weighted by molar-refractivity contribution is 0.0180. The number of hydrogen-bond acceptors (Lipinski definition) is 4. The number of unbranched alkanes of at least 4 members (excludes halogenated alkanes) is 1. The molecule has 1 heterocycles. The average Bonchev–Trinajstić information content (AvgIpc) is 3.15. The molecule has 6 heteroatoms. The normalized spacial score (nSPS) is 15.9. The van der Waals surface area contributed by atoms with Gasteiger partial charge >= 0.3 is 12.2 Å². The van der Waals surface area contributed by atoms with Gasteiger partial charge in [0.05, 0.1) is 0 Å². The van der Waals surface area contributed by atoms with E-state index in [0.717, 1.165) is 45.2 Å². The molecule has 6 nitrogen and oxygen atoms in total. The van der Waals surface area contributed by atoms with Crippen LogP contribution in [-0.4, -0.2) is 48.9 Å². The van der Waals surface area contributed by atoms with Gasteiger partial charge in [0.15, 0.2) is 0 Å². The third-order valence-electron chi connectivity index (χ3n) is 6.92. The Labute approximate surface area is 209 Å². The van der Waals surface area contributed by atoms with Crippen molar-refractivity contribution in [2.45, 2.75) is 64.4 Å². The molecular formula is C29H38N2O4. The summed E-state index contributed by atoms with van der Waals surface area (Å²) in [5.74, 6) is 0.711. The fourth-order valence-corrected chi connectivity index (χ4v) is 5.13. The lowest BCUT2D eigenvalue weighted by atomic mass is 9.92. The first-order chi connectivity index (χ1) is 16.8. The van der Waals surface area contributed by atoms with E-state index in [4.69, 9.17) is 9.47 Å². The van der Waals surface area contributed by atoms with Crippen molar-refractivity contribution >= 4 is 12.2 Å². The van der Waals surface area contributed by atoms with E-state index in [1.807, 2.05) is 37.8 Å². The van der Waals surface area contributed by atoms with Crippen LogP contribution >= 0.6 is 0 Å². The number of rotatable bonds is 7. The maximum Gasteiger partial charge on any atom is 0.410 e. The number of alkyl carbamates (subject to hydrolysis) is 1. The molecule has 2 amide bonds. The molecule has 1 aliphatic carbocycles. The van der Waals surface area contributed by atoms with Crippen molar-refractivity contribution in [3.05, 3.63) is 59.7 Å². The molecule has 0 radical (unpaired) electrons. The highest BCUT2D eigenvalue weighted by Gasteiger charge is 2.29. The van der Waals surface area contributed by atoms with Crippen molar-refractivity contribution in [3.63, 3.8) is 0 Å². The number of carbonyl (C=O) groups excluding carboxylic acids is 2. The molecule has 0 spiro atoms. The molecule has 1 saturated heterocycles. The van der Waals surface area contributed by atoms with E-state index in [1.165, 1.54) is 22.3 Å². The van der Waals surface area contributed by atoms with Crippen molar-refractivity contribution in [2.24, 2.45) is 5.92 Å². The van der Waals surface area contributed by atoms with Crippen molar-refractivity contribution in [1.82, 2.24) is 10.2 Å². The minimum atomic E-state index is -0.450. The zero-order valence-electron chi connectivity index (χ0n) is 21.2. The number of piperidine rings is 1. The molecule has 0 aromatic heterocycles. The Hall–Kier alpha value is -3.02. The number of ether oxygens (including phenoxy) is 2. The number of nitrogens with one attached hydrogen (secondary N) is 1. The monoisotopic (exact) mass is 478 g/mol. The lowest BCUT2D eigenvalue weighted by Crippen LogP contribution is -2.41. The summed E-state index contributed by atoms with van der Waals surface area (Å²) in [6.07, 6.45) is 4.57. The van der Waals surface area contributed by atoms with Gasteiger partial charge in [-0.2, -0.15) is 0 Å². The maximum atomic E-state index is 12.3. The second kappa shape index (κ2) is 11.1. The summed E-state index contributed by atoms with van der Waals surface area (Å²) in [6.45, 7) is 8.18. The van der Waals surface area contributed by atoms with Gasteiger partial charge in [-0.1, -0.05) is 61.4 Å². The number of amides is 2. The number of nitrogens with zero attached hydrogens (tertiary/aromatic N) is 1. The van der Waals surface area contributed by atoms with Gasteiger partial charge in [-0.3, -0.25) is 0 Å². The molecule has 1 fully saturated rings. The van der Waals surface area contributed by atoms with Crippen molar-refractivity contribution < 1.29 is 19.1 Å². The Balaban J connectivity index is 1.12. The van der Waals surface area contributed by atoms with E-state index in [2.05, 4.69) is 41.7 Å². The number of hydrogen-bond donors (Lipinski definition) is 1. The Bertz CT molecular complexity index is 976. The van der Waals surface area contributed by atoms with Crippen LogP contribution < -0.4 is 5.32 Å². The Morgan fingerprint density at radius 2 is 1.54 bits per heavy atom. The topological polar surface area (TPSA) is 67.9 Å². The fraction of sp³-hybridized carbons (Fsp3) is 0.517. The van der Waals surface area contributed by atoms with Crippen LogP contribution in [0.4, 0.5) is 9.59 Å². The van der Waals surface area contributed by atoms with Crippen LogP contribution in [0.15, 0.2) is 48.5 Å². The first-order valence-electron chi connectivity index (χ1n) is 12.9. The predicted molar refractivity (Wildman–Crippen MR) is 137 cm³/mol. The molecule has 0 bridgehead atoms. The maximum absolute atomic E-state index is 12.3. The first kappa shape index (κ1) is 25.1. The average molecular weight is 479 g/mol. The van der Waals surface area contributed by atoms with Crippen LogP contribution in [0.5, 0.6) is 0 Å². The molecular weight excluding hydrogens is 440 g/mol. The summed E-state index contributed by atoms with van der Waals surface area (Å²) >= 11 is 0. The molecule has 2 aromatic carbocycles. The van der Waals surface area contributed by atoms with Crippen LogP contribution in [0.3, 0.4) is 0 Å². The van der Waals surface area contributed by atoms with Crippen LogP contribution in [0, 0.1) is 5.92 Å². The molecule has 188 valence electrons.